The lowest BCUT2D eigenvalue weighted by Gasteiger charge is -2.30. The highest BCUT2D eigenvalue weighted by Gasteiger charge is 2.55. The van der Waals surface area contributed by atoms with Crippen LogP contribution < -0.4 is 10.1 Å². The molecule has 1 aromatic rings. The number of ether oxygens (including phenoxy) is 1. The summed E-state index contributed by atoms with van der Waals surface area (Å²) in [5, 5.41) is 3.81. The van der Waals surface area contributed by atoms with Crippen molar-refractivity contribution in [2.75, 3.05) is 13.2 Å². The first-order chi connectivity index (χ1) is 10.4. The molecule has 21 heavy (non-hydrogen) atoms. The van der Waals surface area contributed by atoms with Crippen molar-refractivity contribution >= 4 is 0 Å². The molecule has 0 bridgehead atoms. The zero-order valence-corrected chi connectivity index (χ0v) is 13.1. The highest BCUT2D eigenvalue weighted by molar-refractivity contribution is 5.38. The highest BCUT2D eigenvalue weighted by atomic mass is 16.5. The number of fused-ring (bicyclic) bond motifs is 2. The van der Waals surface area contributed by atoms with Crippen molar-refractivity contribution in [1.82, 2.24) is 5.32 Å². The first-order valence-corrected chi connectivity index (χ1v) is 8.83. The number of rotatable bonds is 5. The monoisotopic (exact) mass is 285 g/mol. The molecular formula is C19H27NO. The summed E-state index contributed by atoms with van der Waals surface area (Å²) in [7, 11) is 0. The molecule has 1 aromatic carbocycles. The van der Waals surface area contributed by atoms with E-state index >= 15 is 0 Å². The van der Waals surface area contributed by atoms with Gasteiger partial charge in [0, 0.05) is 6.04 Å². The summed E-state index contributed by atoms with van der Waals surface area (Å²) in [4.78, 5) is 0. The lowest BCUT2D eigenvalue weighted by Crippen LogP contribution is -2.35. The van der Waals surface area contributed by atoms with Crippen molar-refractivity contribution in [2.24, 2.45) is 17.8 Å². The Kier molecular flexibility index (Phi) is 3.66. The normalized spacial score (nSPS) is 34.7. The Morgan fingerprint density at radius 3 is 2.81 bits per heavy atom. The Balaban J connectivity index is 1.49. The standard InChI is InChI=1S/C19H27NO/c1-2-20-17(19-15-7-5-8-16(15)19)12-13-10-11-21-18-9-4-3-6-14(13)18/h3-4,6,9,13,15-17,19-20H,2,5,7-8,10-12H2,1H3. The molecule has 0 radical (unpaired) electrons. The van der Waals surface area contributed by atoms with Gasteiger partial charge in [0.1, 0.15) is 5.75 Å². The van der Waals surface area contributed by atoms with Crippen LogP contribution in [0.3, 0.4) is 0 Å². The fourth-order valence-electron chi connectivity index (χ4n) is 5.08. The van der Waals surface area contributed by atoms with E-state index in [1.165, 1.54) is 37.7 Å². The third-order valence-electron chi connectivity index (χ3n) is 6.02. The van der Waals surface area contributed by atoms with Gasteiger partial charge in [-0.05, 0) is 67.5 Å². The average molecular weight is 285 g/mol. The molecule has 3 aliphatic rings. The second-order valence-electron chi connectivity index (χ2n) is 7.11. The Labute approximate surface area is 128 Å². The van der Waals surface area contributed by atoms with Gasteiger partial charge in [-0.1, -0.05) is 31.5 Å². The molecular weight excluding hydrogens is 258 g/mol. The van der Waals surface area contributed by atoms with Crippen molar-refractivity contribution < 1.29 is 4.74 Å². The molecule has 1 heterocycles. The number of hydrogen-bond acceptors (Lipinski definition) is 2. The molecule has 1 N–H and O–H groups in total. The predicted octanol–water partition coefficient (Wildman–Crippen LogP) is 3.97. The SMILES string of the molecule is CCNC(CC1CCOc2ccccc21)C1C2CCCC21. The van der Waals surface area contributed by atoms with E-state index in [4.69, 9.17) is 4.74 Å². The van der Waals surface area contributed by atoms with Crippen LogP contribution in [0.25, 0.3) is 0 Å². The van der Waals surface area contributed by atoms with Crippen molar-refractivity contribution in [3.63, 3.8) is 0 Å². The van der Waals surface area contributed by atoms with Crippen molar-refractivity contribution in [1.29, 1.82) is 0 Å². The van der Waals surface area contributed by atoms with Crippen molar-refractivity contribution in [2.45, 2.75) is 51.0 Å². The molecule has 1 aliphatic heterocycles. The fraction of sp³-hybridized carbons (Fsp3) is 0.684. The third kappa shape index (κ3) is 2.48. The van der Waals surface area contributed by atoms with Crippen LogP contribution in [-0.4, -0.2) is 19.2 Å². The molecule has 0 amide bonds. The molecule has 4 unspecified atom stereocenters. The molecule has 114 valence electrons. The third-order valence-corrected chi connectivity index (χ3v) is 6.02. The van der Waals surface area contributed by atoms with Gasteiger partial charge in [-0.3, -0.25) is 0 Å². The summed E-state index contributed by atoms with van der Waals surface area (Å²) in [5.41, 5.74) is 1.44. The number of hydrogen-bond donors (Lipinski definition) is 1. The molecule has 2 nitrogen and oxygen atoms in total. The quantitative estimate of drug-likeness (QED) is 0.884. The van der Waals surface area contributed by atoms with Crippen LogP contribution in [0.2, 0.25) is 0 Å². The van der Waals surface area contributed by atoms with Crippen LogP contribution in [0, 0.1) is 17.8 Å². The highest BCUT2D eigenvalue weighted by Crippen LogP contribution is 2.60. The molecule has 0 aromatic heterocycles. The van der Waals surface area contributed by atoms with Crippen LogP contribution in [0.5, 0.6) is 5.75 Å². The minimum Gasteiger partial charge on any atom is -0.493 e. The molecule has 2 heteroatoms. The van der Waals surface area contributed by atoms with Gasteiger partial charge in [0.25, 0.3) is 0 Å². The van der Waals surface area contributed by atoms with Crippen molar-refractivity contribution in [3.05, 3.63) is 29.8 Å². The predicted molar refractivity (Wildman–Crippen MR) is 85.7 cm³/mol. The van der Waals surface area contributed by atoms with Gasteiger partial charge < -0.3 is 10.1 Å². The van der Waals surface area contributed by atoms with Gasteiger partial charge in [-0.2, -0.15) is 0 Å². The molecule has 2 saturated carbocycles. The number of para-hydroxylation sites is 1. The van der Waals surface area contributed by atoms with Crippen LogP contribution in [0.1, 0.15) is 50.5 Å². The van der Waals surface area contributed by atoms with Crippen LogP contribution in [0.4, 0.5) is 0 Å². The molecule has 2 fully saturated rings. The summed E-state index contributed by atoms with van der Waals surface area (Å²) in [6, 6.07) is 9.38. The zero-order valence-electron chi connectivity index (χ0n) is 13.1. The largest absolute Gasteiger partial charge is 0.493 e. The van der Waals surface area contributed by atoms with E-state index in [0.29, 0.717) is 5.92 Å². The second kappa shape index (κ2) is 5.64. The smallest absolute Gasteiger partial charge is 0.122 e. The summed E-state index contributed by atoms with van der Waals surface area (Å²) < 4.78 is 5.83. The maximum absolute atomic E-state index is 5.83. The Hall–Kier alpha value is -1.02. The molecule has 4 atom stereocenters. The Morgan fingerprint density at radius 1 is 1.19 bits per heavy atom. The maximum Gasteiger partial charge on any atom is 0.122 e. The Morgan fingerprint density at radius 2 is 2.00 bits per heavy atom. The fourth-order valence-corrected chi connectivity index (χ4v) is 5.08. The van der Waals surface area contributed by atoms with E-state index in [1.54, 1.807) is 0 Å². The molecule has 0 saturated heterocycles. The van der Waals surface area contributed by atoms with E-state index in [1.807, 2.05) is 0 Å². The minimum atomic E-state index is 0.681. The molecule has 2 aliphatic carbocycles. The summed E-state index contributed by atoms with van der Waals surface area (Å²) in [5.74, 6) is 4.86. The lowest BCUT2D eigenvalue weighted by molar-refractivity contribution is 0.248. The molecule has 0 spiro atoms. The topological polar surface area (TPSA) is 21.3 Å². The molecule has 4 rings (SSSR count). The average Bonchev–Trinajstić information content (AvgIpc) is 2.99. The van der Waals surface area contributed by atoms with Crippen LogP contribution >= 0.6 is 0 Å². The summed E-state index contributed by atoms with van der Waals surface area (Å²) in [6.07, 6.45) is 6.93. The van der Waals surface area contributed by atoms with Crippen molar-refractivity contribution in [3.8, 4) is 5.75 Å². The van der Waals surface area contributed by atoms with Crippen LogP contribution in [0.15, 0.2) is 24.3 Å². The van der Waals surface area contributed by atoms with Crippen LogP contribution in [-0.2, 0) is 0 Å². The summed E-state index contributed by atoms with van der Waals surface area (Å²) in [6.45, 7) is 4.24. The van der Waals surface area contributed by atoms with E-state index in [0.717, 1.165) is 42.7 Å². The number of benzene rings is 1. The van der Waals surface area contributed by atoms with Gasteiger partial charge in [0.05, 0.1) is 6.61 Å². The first-order valence-electron chi connectivity index (χ1n) is 8.83. The Bertz CT molecular complexity index is 490. The van der Waals surface area contributed by atoms with Gasteiger partial charge >= 0.3 is 0 Å². The van der Waals surface area contributed by atoms with Gasteiger partial charge in [-0.25, -0.2) is 0 Å². The second-order valence-corrected chi connectivity index (χ2v) is 7.11. The number of nitrogens with one attached hydrogen (secondary N) is 1. The van der Waals surface area contributed by atoms with Gasteiger partial charge in [-0.15, -0.1) is 0 Å². The first kappa shape index (κ1) is 13.6. The zero-order chi connectivity index (χ0) is 14.2. The van der Waals surface area contributed by atoms with E-state index in [-0.39, 0.29) is 0 Å². The maximum atomic E-state index is 5.83. The van der Waals surface area contributed by atoms with E-state index in [9.17, 15) is 0 Å². The lowest BCUT2D eigenvalue weighted by atomic mass is 9.85. The van der Waals surface area contributed by atoms with E-state index in [2.05, 4.69) is 36.5 Å². The summed E-state index contributed by atoms with van der Waals surface area (Å²) >= 11 is 0. The van der Waals surface area contributed by atoms with E-state index < -0.39 is 0 Å². The minimum absolute atomic E-state index is 0.681. The van der Waals surface area contributed by atoms with Gasteiger partial charge in [0.15, 0.2) is 0 Å². The van der Waals surface area contributed by atoms with Gasteiger partial charge in [0.2, 0.25) is 0 Å².